The summed E-state index contributed by atoms with van der Waals surface area (Å²) in [4.78, 5) is 23.7. The van der Waals surface area contributed by atoms with Crippen LogP contribution in [0.4, 0.5) is 8.78 Å². The molecule has 1 saturated heterocycles. The molecule has 0 spiro atoms. The van der Waals surface area contributed by atoms with E-state index < -0.39 is 41.3 Å². The number of carboxylic acids is 1. The molecule has 114 valence electrons. The van der Waals surface area contributed by atoms with E-state index in [2.05, 4.69) is 15.9 Å². The molecule has 0 radical (unpaired) electrons. The number of hydrogen-bond acceptors (Lipinski definition) is 3. The van der Waals surface area contributed by atoms with Gasteiger partial charge in [0.2, 0.25) is 0 Å². The lowest BCUT2D eigenvalue weighted by Crippen LogP contribution is -2.63. The minimum absolute atomic E-state index is 0.0774. The van der Waals surface area contributed by atoms with Crippen molar-refractivity contribution >= 4 is 27.8 Å². The SMILES string of the molecule is CC1(OCC(=O)O)CN(C(=O)c2c(F)cc(Br)cc2F)C1. The first kappa shape index (κ1) is 15.8. The summed E-state index contributed by atoms with van der Waals surface area (Å²) in [6, 6.07) is 2.02. The lowest BCUT2D eigenvalue weighted by atomic mass is 9.95. The summed E-state index contributed by atoms with van der Waals surface area (Å²) < 4.78 is 32.7. The van der Waals surface area contributed by atoms with E-state index in [-0.39, 0.29) is 17.6 Å². The Morgan fingerprint density at radius 2 is 1.90 bits per heavy atom. The van der Waals surface area contributed by atoms with Crippen LogP contribution in [0, 0.1) is 11.6 Å². The summed E-state index contributed by atoms with van der Waals surface area (Å²) in [6.07, 6.45) is 0. The van der Waals surface area contributed by atoms with Crippen LogP contribution >= 0.6 is 15.9 Å². The van der Waals surface area contributed by atoms with E-state index in [1.54, 1.807) is 6.92 Å². The van der Waals surface area contributed by atoms with Gasteiger partial charge in [-0.1, -0.05) is 15.9 Å². The smallest absolute Gasteiger partial charge is 0.329 e. The molecule has 0 aliphatic carbocycles. The van der Waals surface area contributed by atoms with E-state index in [0.29, 0.717) is 0 Å². The van der Waals surface area contributed by atoms with Crippen molar-refractivity contribution in [2.24, 2.45) is 0 Å². The summed E-state index contributed by atoms with van der Waals surface area (Å²) in [5, 5.41) is 8.54. The predicted octanol–water partition coefficient (Wildman–Crippen LogP) is 2.04. The molecule has 21 heavy (non-hydrogen) atoms. The second-order valence-electron chi connectivity index (χ2n) is 5.04. The minimum Gasteiger partial charge on any atom is -0.480 e. The maximum absolute atomic E-state index is 13.7. The summed E-state index contributed by atoms with van der Waals surface area (Å²) in [7, 11) is 0. The second-order valence-corrected chi connectivity index (χ2v) is 5.95. The van der Waals surface area contributed by atoms with Crippen LogP contribution < -0.4 is 0 Å². The van der Waals surface area contributed by atoms with Crippen LogP contribution in [0.2, 0.25) is 0 Å². The third kappa shape index (κ3) is 3.38. The van der Waals surface area contributed by atoms with Crippen molar-refractivity contribution in [3.8, 4) is 0 Å². The highest BCUT2D eigenvalue weighted by atomic mass is 79.9. The Hall–Kier alpha value is -1.54. The Bertz CT molecular complexity index is 579. The molecule has 2 rings (SSSR count). The Kier molecular flexibility index (Phi) is 4.29. The number of likely N-dealkylation sites (tertiary alicyclic amines) is 1. The Balaban J connectivity index is 2.06. The number of amides is 1. The molecule has 0 aromatic heterocycles. The number of rotatable bonds is 4. The molecule has 1 aliphatic heterocycles. The van der Waals surface area contributed by atoms with E-state index >= 15 is 0 Å². The molecule has 0 saturated carbocycles. The topological polar surface area (TPSA) is 66.8 Å². The van der Waals surface area contributed by atoms with E-state index in [1.807, 2.05) is 0 Å². The molecular weight excluding hydrogens is 352 g/mol. The van der Waals surface area contributed by atoms with Crippen LogP contribution in [0.3, 0.4) is 0 Å². The molecule has 0 unspecified atom stereocenters. The van der Waals surface area contributed by atoms with Gasteiger partial charge in [0.05, 0.1) is 13.1 Å². The minimum atomic E-state index is -1.12. The predicted molar refractivity (Wildman–Crippen MR) is 72.0 cm³/mol. The third-order valence-corrected chi connectivity index (χ3v) is 3.56. The van der Waals surface area contributed by atoms with E-state index in [9.17, 15) is 18.4 Å². The van der Waals surface area contributed by atoms with Crippen LogP contribution in [0.1, 0.15) is 17.3 Å². The van der Waals surface area contributed by atoms with Gasteiger partial charge in [0.1, 0.15) is 29.4 Å². The van der Waals surface area contributed by atoms with Crippen molar-refractivity contribution < 1.29 is 28.2 Å². The van der Waals surface area contributed by atoms with Crippen LogP contribution in [0.15, 0.2) is 16.6 Å². The molecule has 1 aliphatic rings. The number of carbonyl (C=O) groups excluding carboxylic acids is 1. The van der Waals surface area contributed by atoms with Crippen LogP contribution in [-0.4, -0.2) is 47.2 Å². The number of aliphatic carboxylic acids is 1. The standard InChI is InChI=1S/C13H12BrF2NO4/c1-13(21-4-10(18)19)5-17(6-13)12(20)11-8(15)2-7(14)3-9(11)16/h2-3H,4-6H2,1H3,(H,18,19). The molecule has 1 fully saturated rings. The highest BCUT2D eigenvalue weighted by Gasteiger charge is 2.44. The van der Waals surface area contributed by atoms with Crippen molar-refractivity contribution in [1.82, 2.24) is 4.90 Å². The van der Waals surface area contributed by atoms with Crippen molar-refractivity contribution in [2.75, 3.05) is 19.7 Å². The molecule has 0 bridgehead atoms. The monoisotopic (exact) mass is 363 g/mol. The van der Waals surface area contributed by atoms with Crippen molar-refractivity contribution in [1.29, 1.82) is 0 Å². The van der Waals surface area contributed by atoms with Gasteiger partial charge in [-0.3, -0.25) is 4.79 Å². The Morgan fingerprint density at radius 1 is 1.38 bits per heavy atom. The fraction of sp³-hybridized carbons (Fsp3) is 0.385. The molecule has 1 heterocycles. The third-order valence-electron chi connectivity index (χ3n) is 3.10. The number of ether oxygens (including phenoxy) is 1. The van der Waals surface area contributed by atoms with Gasteiger partial charge >= 0.3 is 5.97 Å². The van der Waals surface area contributed by atoms with Gasteiger partial charge in [-0.25, -0.2) is 13.6 Å². The Morgan fingerprint density at radius 3 is 2.38 bits per heavy atom. The fourth-order valence-corrected chi connectivity index (χ4v) is 2.54. The lowest BCUT2D eigenvalue weighted by Gasteiger charge is -2.47. The van der Waals surface area contributed by atoms with E-state index in [4.69, 9.17) is 9.84 Å². The summed E-state index contributed by atoms with van der Waals surface area (Å²) in [6.45, 7) is 1.30. The molecule has 1 aromatic rings. The second kappa shape index (κ2) is 5.69. The largest absolute Gasteiger partial charge is 0.480 e. The normalized spacial score (nSPS) is 16.5. The van der Waals surface area contributed by atoms with Crippen LogP contribution in [-0.2, 0) is 9.53 Å². The highest BCUT2D eigenvalue weighted by Crippen LogP contribution is 2.28. The summed E-state index contributed by atoms with van der Waals surface area (Å²) in [5.74, 6) is -3.81. The summed E-state index contributed by atoms with van der Waals surface area (Å²) in [5.41, 5.74) is -1.44. The van der Waals surface area contributed by atoms with Gasteiger partial charge in [0.25, 0.3) is 5.91 Å². The molecule has 1 amide bonds. The van der Waals surface area contributed by atoms with Crippen LogP contribution in [0.5, 0.6) is 0 Å². The lowest BCUT2D eigenvalue weighted by molar-refractivity contribution is -0.159. The number of benzene rings is 1. The molecular formula is C13H12BrF2NO4. The molecule has 1 aromatic carbocycles. The number of carbonyl (C=O) groups is 2. The van der Waals surface area contributed by atoms with Gasteiger partial charge in [-0.15, -0.1) is 0 Å². The maximum atomic E-state index is 13.7. The highest BCUT2D eigenvalue weighted by molar-refractivity contribution is 9.10. The first-order chi connectivity index (χ1) is 9.72. The van der Waals surface area contributed by atoms with Crippen molar-refractivity contribution in [2.45, 2.75) is 12.5 Å². The maximum Gasteiger partial charge on any atom is 0.329 e. The first-order valence-corrected chi connectivity index (χ1v) is 6.81. The summed E-state index contributed by atoms with van der Waals surface area (Å²) >= 11 is 2.94. The first-order valence-electron chi connectivity index (χ1n) is 6.01. The van der Waals surface area contributed by atoms with Gasteiger partial charge in [0, 0.05) is 4.47 Å². The zero-order chi connectivity index (χ0) is 15.8. The molecule has 0 atom stereocenters. The number of nitrogens with zero attached hydrogens (tertiary/aromatic N) is 1. The number of hydrogen-bond donors (Lipinski definition) is 1. The van der Waals surface area contributed by atoms with E-state index in [0.717, 1.165) is 12.1 Å². The number of carboxylic acid groups (broad SMARTS) is 1. The average Bonchev–Trinajstić information content (AvgIpc) is 2.31. The zero-order valence-electron chi connectivity index (χ0n) is 11.0. The fourth-order valence-electron chi connectivity index (χ4n) is 2.14. The van der Waals surface area contributed by atoms with Crippen LogP contribution in [0.25, 0.3) is 0 Å². The van der Waals surface area contributed by atoms with Gasteiger partial charge in [-0.2, -0.15) is 0 Å². The molecule has 8 heteroatoms. The van der Waals surface area contributed by atoms with Gasteiger partial charge in [-0.05, 0) is 19.1 Å². The van der Waals surface area contributed by atoms with Gasteiger partial charge < -0.3 is 14.7 Å². The Labute approximate surface area is 127 Å². The number of halogens is 3. The zero-order valence-corrected chi connectivity index (χ0v) is 12.6. The van der Waals surface area contributed by atoms with Gasteiger partial charge in [0.15, 0.2) is 0 Å². The van der Waals surface area contributed by atoms with E-state index in [1.165, 1.54) is 4.90 Å². The molecule has 5 nitrogen and oxygen atoms in total. The quantitative estimate of drug-likeness (QED) is 0.888. The van der Waals surface area contributed by atoms with Crippen molar-refractivity contribution in [3.63, 3.8) is 0 Å². The average molecular weight is 364 g/mol. The molecule has 1 N–H and O–H groups in total. The van der Waals surface area contributed by atoms with Crippen molar-refractivity contribution in [3.05, 3.63) is 33.8 Å².